The summed E-state index contributed by atoms with van der Waals surface area (Å²) in [5, 5.41) is 8.35. The summed E-state index contributed by atoms with van der Waals surface area (Å²) in [6.45, 7) is 7.79. The van der Waals surface area contributed by atoms with E-state index in [4.69, 9.17) is 26.1 Å². The first-order valence-electron chi connectivity index (χ1n) is 14.2. The predicted octanol–water partition coefficient (Wildman–Crippen LogP) is 7.37. The summed E-state index contributed by atoms with van der Waals surface area (Å²) in [5.74, 6) is 1.39. The van der Waals surface area contributed by atoms with Crippen LogP contribution in [0.15, 0.2) is 88.8 Å². The van der Waals surface area contributed by atoms with Crippen molar-refractivity contribution in [2.75, 3.05) is 19.0 Å². The molecule has 0 radical (unpaired) electrons. The van der Waals surface area contributed by atoms with Gasteiger partial charge >= 0.3 is 0 Å². The van der Waals surface area contributed by atoms with E-state index < -0.39 is 0 Å². The van der Waals surface area contributed by atoms with E-state index in [1.165, 1.54) is 10.9 Å². The van der Waals surface area contributed by atoms with Crippen molar-refractivity contribution >= 4 is 40.3 Å². The summed E-state index contributed by atoms with van der Waals surface area (Å²) >= 11 is 6.33. The van der Waals surface area contributed by atoms with E-state index in [0.717, 1.165) is 28.0 Å². The fourth-order valence-corrected chi connectivity index (χ4v) is 5.07. The van der Waals surface area contributed by atoms with E-state index in [-0.39, 0.29) is 24.0 Å². The molecule has 1 heterocycles. The lowest BCUT2D eigenvalue weighted by molar-refractivity contribution is -0.118. The SMILES string of the molecule is COc1cc(C)c(-c2nc3ccccc3c(=O)n2N=Cc2cc(Cl)ccc2OCC(=O)Nc2ccccc2C)cc1C(C)C. The fraction of sp³-hybridized carbons (Fsp3) is 0.200. The van der Waals surface area contributed by atoms with Gasteiger partial charge in [0.05, 0.1) is 24.2 Å². The van der Waals surface area contributed by atoms with Gasteiger partial charge in [-0.1, -0.05) is 55.8 Å². The first kappa shape index (κ1) is 30.5. The van der Waals surface area contributed by atoms with Crippen LogP contribution < -0.4 is 20.3 Å². The molecule has 0 aliphatic heterocycles. The second-order valence-electron chi connectivity index (χ2n) is 10.7. The summed E-state index contributed by atoms with van der Waals surface area (Å²) in [7, 11) is 1.64. The molecule has 0 saturated heterocycles. The molecule has 224 valence electrons. The molecule has 9 heteroatoms. The number of fused-ring (bicyclic) bond motifs is 1. The van der Waals surface area contributed by atoms with Crippen molar-refractivity contribution in [2.45, 2.75) is 33.6 Å². The average molecular weight is 609 g/mol. The van der Waals surface area contributed by atoms with E-state index in [1.807, 2.05) is 56.3 Å². The Hall–Kier alpha value is -4.95. The maximum atomic E-state index is 13.8. The zero-order chi connectivity index (χ0) is 31.4. The van der Waals surface area contributed by atoms with E-state index in [1.54, 1.807) is 43.5 Å². The van der Waals surface area contributed by atoms with Crippen molar-refractivity contribution in [3.63, 3.8) is 0 Å². The van der Waals surface area contributed by atoms with Crippen LogP contribution in [-0.2, 0) is 4.79 Å². The molecule has 0 aliphatic carbocycles. The zero-order valence-corrected chi connectivity index (χ0v) is 26.0. The average Bonchev–Trinajstić information content (AvgIpc) is 3.01. The van der Waals surface area contributed by atoms with Gasteiger partial charge in [-0.25, -0.2) is 4.98 Å². The highest BCUT2D eigenvalue weighted by molar-refractivity contribution is 6.30. The lowest BCUT2D eigenvalue weighted by Crippen LogP contribution is -2.21. The van der Waals surface area contributed by atoms with Crippen LogP contribution in [0, 0.1) is 13.8 Å². The predicted molar refractivity (Wildman–Crippen MR) is 177 cm³/mol. The van der Waals surface area contributed by atoms with E-state index in [0.29, 0.717) is 38.8 Å². The Morgan fingerprint density at radius 3 is 2.50 bits per heavy atom. The molecule has 0 spiro atoms. The molecular weight excluding hydrogens is 576 g/mol. The number of nitrogens with zero attached hydrogens (tertiary/aromatic N) is 3. The standard InChI is InChI=1S/C35H33ClN4O4/c1-21(2)27-18-28(23(4)16-32(27)43-5)34-39-30-13-9-7-11-26(30)35(42)40(34)37-19-24-17-25(36)14-15-31(24)44-20-33(41)38-29-12-8-6-10-22(29)3/h6-19,21H,20H2,1-5H3,(H,38,41). The molecule has 5 rings (SSSR count). The van der Waals surface area contributed by atoms with E-state index >= 15 is 0 Å². The number of aromatic nitrogens is 2. The molecule has 0 saturated carbocycles. The first-order valence-corrected chi connectivity index (χ1v) is 14.6. The Kier molecular flexibility index (Phi) is 9.11. The lowest BCUT2D eigenvalue weighted by Gasteiger charge is -2.17. The van der Waals surface area contributed by atoms with Gasteiger partial charge < -0.3 is 14.8 Å². The molecule has 0 bridgehead atoms. The molecular formula is C35H33ClN4O4. The molecule has 8 nitrogen and oxygen atoms in total. The minimum Gasteiger partial charge on any atom is -0.496 e. The van der Waals surface area contributed by atoms with Gasteiger partial charge in [-0.05, 0) is 85.0 Å². The van der Waals surface area contributed by atoms with Crippen LogP contribution >= 0.6 is 11.6 Å². The molecule has 0 unspecified atom stereocenters. The van der Waals surface area contributed by atoms with Crippen molar-refractivity contribution in [2.24, 2.45) is 5.10 Å². The number of amides is 1. The number of carbonyl (C=O) groups excluding carboxylic acids is 1. The summed E-state index contributed by atoms with van der Waals surface area (Å²) in [4.78, 5) is 31.4. The van der Waals surface area contributed by atoms with Crippen LogP contribution in [0.3, 0.4) is 0 Å². The smallest absolute Gasteiger partial charge is 0.282 e. The highest BCUT2D eigenvalue weighted by atomic mass is 35.5. The van der Waals surface area contributed by atoms with Crippen LogP contribution in [-0.4, -0.2) is 35.5 Å². The Morgan fingerprint density at radius 2 is 1.75 bits per heavy atom. The number of hydrogen-bond donors (Lipinski definition) is 1. The van der Waals surface area contributed by atoms with Crippen molar-refractivity contribution < 1.29 is 14.3 Å². The van der Waals surface area contributed by atoms with Crippen molar-refractivity contribution in [3.05, 3.63) is 116 Å². The number of carbonyl (C=O) groups is 1. The highest BCUT2D eigenvalue weighted by Gasteiger charge is 2.18. The molecule has 0 fully saturated rings. The van der Waals surface area contributed by atoms with Gasteiger partial charge in [0.25, 0.3) is 11.5 Å². The number of hydrogen-bond acceptors (Lipinski definition) is 6. The highest BCUT2D eigenvalue weighted by Crippen LogP contribution is 2.34. The van der Waals surface area contributed by atoms with E-state index in [2.05, 4.69) is 24.3 Å². The van der Waals surface area contributed by atoms with Crippen molar-refractivity contribution in [1.29, 1.82) is 0 Å². The normalized spacial score (nSPS) is 11.3. The topological polar surface area (TPSA) is 94.8 Å². The molecule has 1 N–H and O–H groups in total. The van der Waals surface area contributed by atoms with Gasteiger partial charge in [0.1, 0.15) is 11.5 Å². The number of rotatable bonds is 9. The quantitative estimate of drug-likeness (QED) is 0.176. The van der Waals surface area contributed by atoms with Crippen LogP contribution in [0.2, 0.25) is 5.02 Å². The lowest BCUT2D eigenvalue weighted by atomic mass is 9.96. The van der Waals surface area contributed by atoms with Gasteiger partial charge in [-0.2, -0.15) is 9.78 Å². The fourth-order valence-electron chi connectivity index (χ4n) is 4.89. The molecule has 4 aromatic carbocycles. The minimum atomic E-state index is -0.328. The number of anilines is 1. The number of halogens is 1. The Balaban J connectivity index is 1.55. The summed E-state index contributed by atoms with van der Waals surface area (Å²) in [6, 6.07) is 23.6. The van der Waals surface area contributed by atoms with E-state index in [9.17, 15) is 9.59 Å². The first-order chi connectivity index (χ1) is 21.2. The monoisotopic (exact) mass is 608 g/mol. The van der Waals surface area contributed by atoms with Gasteiger partial charge in [0.2, 0.25) is 0 Å². The Bertz CT molecular complexity index is 1950. The van der Waals surface area contributed by atoms with Crippen molar-refractivity contribution in [3.8, 4) is 22.9 Å². The molecule has 1 amide bonds. The largest absolute Gasteiger partial charge is 0.496 e. The van der Waals surface area contributed by atoms with Gasteiger partial charge in [-0.3, -0.25) is 9.59 Å². The molecule has 5 aromatic rings. The van der Waals surface area contributed by atoms with Crippen LogP contribution in [0.1, 0.15) is 42.0 Å². The van der Waals surface area contributed by atoms with Crippen LogP contribution in [0.25, 0.3) is 22.3 Å². The van der Waals surface area contributed by atoms with Crippen LogP contribution in [0.4, 0.5) is 5.69 Å². The molecule has 0 aliphatic rings. The van der Waals surface area contributed by atoms with Gasteiger partial charge in [-0.15, -0.1) is 0 Å². The maximum absolute atomic E-state index is 13.8. The Labute approximate surface area is 260 Å². The third-order valence-corrected chi connectivity index (χ3v) is 7.49. The summed E-state index contributed by atoms with van der Waals surface area (Å²) in [5.41, 5.74) is 5.00. The van der Waals surface area contributed by atoms with Crippen LogP contribution in [0.5, 0.6) is 11.5 Å². The molecule has 1 aromatic heterocycles. The zero-order valence-electron chi connectivity index (χ0n) is 25.2. The number of aryl methyl sites for hydroxylation is 2. The van der Waals surface area contributed by atoms with Gasteiger partial charge in [0.15, 0.2) is 12.4 Å². The van der Waals surface area contributed by atoms with Crippen molar-refractivity contribution in [1.82, 2.24) is 9.66 Å². The third-order valence-electron chi connectivity index (χ3n) is 7.26. The molecule has 44 heavy (non-hydrogen) atoms. The number of ether oxygens (including phenoxy) is 2. The summed E-state index contributed by atoms with van der Waals surface area (Å²) in [6.07, 6.45) is 1.49. The second-order valence-corrected chi connectivity index (χ2v) is 11.1. The number of benzene rings is 4. The summed E-state index contributed by atoms with van der Waals surface area (Å²) < 4.78 is 12.8. The minimum absolute atomic E-state index is 0.169. The number of methoxy groups -OCH3 is 1. The third kappa shape index (κ3) is 6.50. The molecule has 0 atom stereocenters. The number of para-hydroxylation sites is 2. The maximum Gasteiger partial charge on any atom is 0.282 e. The van der Waals surface area contributed by atoms with Gasteiger partial charge in [0, 0.05) is 21.8 Å². The number of nitrogens with one attached hydrogen (secondary N) is 1. The second kappa shape index (κ2) is 13.1. The Morgan fingerprint density at radius 1 is 1.00 bits per heavy atom.